The van der Waals surface area contributed by atoms with Crippen molar-refractivity contribution in [1.29, 1.82) is 0 Å². The van der Waals surface area contributed by atoms with Crippen molar-refractivity contribution in [2.45, 2.75) is 25.7 Å². The van der Waals surface area contributed by atoms with E-state index in [0.717, 1.165) is 31.8 Å². The van der Waals surface area contributed by atoms with Gasteiger partial charge in [-0.05, 0) is 75.0 Å². The zero-order valence-electron chi connectivity index (χ0n) is 17.7. The molecule has 0 bridgehead atoms. The first-order valence-corrected chi connectivity index (χ1v) is 10.5. The molecule has 1 fully saturated rings. The molecule has 6 heteroatoms. The van der Waals surface area contributed by atoms with E-state index in [1.165, 1.54) is 20.0 Å². The molecule has 30 heavy (non-hydrogen) atoms. The Bertz CT molecular complexity index is 858. The molecule has 1 aliphatic heterocycles. The number of nitrogens with one attached hydrogen (secondary N) is 2. The molecule has 0 unspecified atom stereocenters. The van der Waals surface area contributed by atoms with Crippen molar-refractivity contribution >= 4 is 11.7 Å². The predicted molar refractivity (Wildman–Crippen MR) is 117 cm³/mol. The Balaban J connectivity index is 1.56. The summed E-state index contributed by atoms with van der Waals surface area (Å²) in [6, 6.07) is 11.8. The van der Waals surface area contributed by atoms with Crippen molar-refractivity contribution < 1.29 is 19.1 Å². The first-order chi connectivity index (χ1) is 14.6. The molecule has 3 rings (SSSR count). The van der Waals surface area contributed by atoms with Crippen molar-refractivity contribution in [3.05, 3.63) is 59.2 Å². The second-order valence-electron chi connectivity index (χ2n) is 7.56. The summed E-state index contributed by atoms with van der Waals surface area (Å²) < 4.78 is 10.5. The van der Waals surface area contributed by atoms with E-state index in [0.29, 0.717) is 34.7 Å². The van der Waals surface area contributed by atoms with Gasteiger partial charge in [-0.25, -0.2) is 0 Å². The van der Waals surface area contributed by atoms with Crippen LogP contribution in [0.25, 0.3) is 0 Å². The molecule has 1 saturated heterocycles. The van der Waals surface area contributed by atoms with Crippen molar-refractivity contribution in [3.63, 3.8) is 0 Å². The highest BCUT2D eigenvalue weighted by Gasteiger charge is 2.17. The van der Waals surface area contributed by atoms with Crippen LogP contribution in [0.1, 0.15) is 52.0 Å². The van der Waals surface area contributed by atoms with E-state index in [9.17, 15) is 9.59 Å². The van der Waals surface area contributed by atoms with E-state index in [-0.39, 0.29) is 11.7 Å². The lowest BCUT2D eigenvalue weighted by Crippen LogP contribution is -2.29. The van der Waals surface area contributed by atoms with E-state index in [4.69, 9.17) is 9.47 Å². The van der Waals surface area contributed by atoms with Crippen LogP contribution in [-0.2, 0) is 0 Å². The molecule has 0 spiro atoms. The number of piperidine rings is 1. The highest BCUT2D eigenvalue weighted by molar-refractivity contribution is 6.11. The van der Waals surface area contributed by atoms with Gasteiger partial charge < -0.3 is 20.1 Å². The van der Waals surface area contributed by atoms with E-state index >= 15 is 0 Å². The number of carbonyl (C=O) groups excluding carboxylic acids is 2. The van der Waals surface area contributed by atoms with Gasteiger partial charge in [-0.1, -0.05) is 12.1 Å². The Hall–Kier alpha value is -2.86. The van der Waals surface area contributed by atoms with Crippen LogP contribution < -0.4 is 20.1 Å². The van der Waals surface area contributed by atoms with E-state index in [1.807, 2.05) is 0 Å². The number of rotatable bonds is 9. The van der Waals surface area contributed by atoms with Gasteiger partial charge in [0.25, 0.3) is 5.91 Å². The molecule has 0 atom stereocenters. The standard InChI is InChI=1S/C24H30N2O4/c1-29-20-9-10-22(30-2)21(16-20)23(27)18-5-7-19(8-6-18)24(28)26-13-3-4-17-11-14-25-15-12-17/h5-10,16-17,25H,3-4,11-15H2,1-2H3,(H,26,28). The fourth-order valence-electron chi connectivity index (χ4n) is 3.79. The molecule has 1 amide bonds. The van der Waals surface area contributed by atoms with Crippen LogP contribution in [-0.4, -0.2) is 45.5 Å². The maximum Gasteiger partial charge on any atom is 0.251 e. The predicted octanol–water partition coefficient (Wildman–Crippen LogP) is 3.44. The third-order valence-electron chi connectivity index (χ3n) is 5.59. The van der Waals surface area contributed by atoms with Gasteiger partial charge >= 0.3 is 0 Å². The van der Waals surface area contributed by atoms with Crippen LogP contribution in [0.15, 0.2) is 42.5 Å². The van der Waals surface area contributed by atoms with E-state index in [2.05, 4.69) is 10.6 Å². The summed E-state index contributed by atoms with van der Waals surface area (Å²) in [6.07, 6.45) is 4.59. The lowest BCUT2D eigenvalue weighted by atomic mass is 9.93. The van der Waals surface area contributed by atoms with Crippen molar-refractivity contribution in [2.24, 2.45) is 5.92 Å². The number of benzene rings is 2. The minimum Gasteiger partial charge on any atom is -0.497 e. The first-order valence-electron chi connectivity index (χ1n) is 10.5. The molecule has 0 saturated carbocycles. The number of ketones is 1. The molecule has 2 aromatic carbocycles. The average molecular weight is 411 g/mol. The smallest absolute Gasteiger partial charge is 0.251 e. The maximum atomic E-state index is 12.9. The normalized spacial score (nSPS) is 14.2. The molecule has 2 aromatic rings. The fraction of sp³-hybridized carbons (Fsp3) is 0.417. The molecule has 0 radical (unpaired) electrons. The Morgan fingerprint density at radius 2 is 1.70 bits per heavy atom. The Kier molecular flexibility index (Phi) is 7.85. The average Bonchev–Trinajstić information content (AvgIpc) is 2.81. The van der Waals surface area contributed by atoms with Crippen LogP contribution in [0.5, 0.6) is 11.5 Å². The van der Waals surface area contributed by atoms with E-state index < -0.39 is 0 Å². The Labute approximate surface area is 178 Å². The minimum absolute atomic E-state index is 0.113. The maximum absolute atomic E-state index is 12.9. The summed E-state index contributed by atoms with van der Waals surface area (Å²) in [5, 5.41) is 6.35. The summed E-state index contributed by atoms with van der Waals surface area (Å²) >= 11 is 0. The van der Waals surface area contributed by atoms with Crippen LogP contribution in [0.3, 0.4) is 0 Å². The number of amides is 1. The van der Waals surface area contributed by atoms with Gasteiger partial charge in [-0.15, -0.1) is 0 Å². The molecule has 160 valence electrons. The van der Waals surface area contributed by atoms with Gasteiger partial charge in [0, 0.05) is 17.7 Å². The Morgan fingerprint density at radius 3 is 2.37 bits per heavy atom. The number of hydrogen-bond donors (Lipinski definition) is 2. The lowest BCUT2D eigenvalue weighted by molar-refractivity contribution is 0.0950. The molecule has 1 aliphatic rings. The molecular weight excluding hydrogens is 380 g/mol. The van der Waals surface area contributed by atoms with Gasteiger partial charge in [-0.3, -0.25) is 9.59 Å². The molecule has 0 aliphatic carbocycles. The Morgan fingerprint density at radius 1 is 1.00 bits per heavy atom. The van der Waals surface area contributed by atoms with Crippen LogP contribution >= 0.6 is 0 Å². The summed E-state index contributed by atoms with van der Waals surface area (Å²) in [4.78, 5) is 25.3. The van der Waals surface area contributed by atoms with Crippen molar-refractivity contribution in [3.8, 4) is 11.5 Å². The molecule has 0 aromatic heterocycles. The quantitative estimate of drug-likeness (QED) is 0.489. The van der Waals surface area contributed by atoms with Crippen molar-refractivity contribution in [2.75, 3.05) is 33.9 Å². The number of ether oxygens (including phenoxy) is 2. The number of carbonyl (C=O) groups is 2. The van der Waals surface area contributed by atoms with Gasteiger partial charge in [0.1, 0.15) is 11.5 Å². The van der Waals surface area contributed by atoms with Gasteiger partial charge in [0.15, 0.2) is 5.78 Å². The third kappa shape index (κ3) is 5.60. The molecular formula is C24H30N2O4. The largest absolute Gasteiger partial charge is 0.497 e. The van der Waals surface area contributed by atoms with Crippen LogP contribution in [0.4, 0.5) is 0 Å². The lowest BCUT2D eigenvalue weighted by Gasteiger charge is -2.22. The zero-order chi connectivity index (χ0) is 21.3. The molecule has 6 nitrogen and oxygen atoms in total. The highest BCUT2D eigenvalue weighted by Crippen LogP contribution is 2.26. The highest BCUT2D eigenvalue weighted by atomic mass is 16.5. The second kappa shape index (κ2) is 10.8. The second-order valence-corrected chi connectivity index (χ2v) is 7.56. The fourth-order valence-corrected chi connectivity index (χ4v) is 3.79. The van der Waals surface area contributed by atoms with E-state index in [1.54, 1.807) is 49.6 Å². The molecule has 2 N–H and O–H groups in total. The van der Waals surface area contributed by atoms with Gasteiger partial charge in [-0.2, -0.15) is 0 Å². The van der Waals surface area contributed by atoms with Crippen molar-refractivity contribution in [1.82, 2.24) is 10.6 Å². The van der Waals surface area contributed by atoms with Crippen LogP contribution in [0, 0.1) is 5.92 Å². The van der Waals surface area contributed by atoms with Gasteiger partial charge in [0.05, 0.1) is 19.8 Å². The molecule has 1 heterocycles. The zero-order valence-corrected chi connectivity index (χ0v) is 17.7. The SMILES string of the molecule is COc1ccc(OC)c(C(=O)c2ccc(C(=O)NCCCC3CCNCC3)cc2)c1. The third-order valence-corrected chi connectivity index (χ3v) is 5.59. The summed E-state index contributed by atoms with van der Waals surface area (Å²) in [5.41, 5.74) is 1.46. The summed E-state index contributed by atoms with van der Waals surface area (Å²) in [6.45, 7) is 2.87. The topological polar surface area (TPSA) is 76.7 Å². The first kappa shape index (κ1) is 21.8. The van der Waals surface area contributed by atoms with Crippen LogP contribution in [0.2, 0.25) is 0 Å². The summed E-state index contributed by atoms with van der Waals surface area (Å²) in [7, 11) is 3.08. The van der Waals surface area contributed by atoms with Gasteiger partial charge in [0.2, 0.25) is 0 Å². The minimum atomic E-state index is -0.181. The number of methoxy groups -OCH3 is 2. The summed E-state index contributed by atoms with van der Waals surface area (Å²) in [5.74, 6) is 1.54. The monoisotopic (exact) mass is 410 g/mol. The number of hydrogen-bond acceptors (Lipinski definition) is 5.